The van der Waals surface area contributed by atoms with Gasteiger partial charge >= 0.3 is 0 Å². The van der Waals surface area contributed by atoms with Crippen LogP contribution in [0.1, 0.15) is 18.8 Å². The summed E-state index contributed by atoms with van der Waals surface area (Å²) in [5.41, 5.74) is 0. The van der Waals surface area contributed by atoms with Crippen LogP contribution < -0.4 is 14.8 Å². The van der Waals surface area contributed by atoms with Gasteiger partial charge in [0.05, 0.1) is 19.4 Å². The molecule has 0 aliphatic rings. The van der Waals surface area contributed by atoms with Crippen molar-refractivity contribution >= 4 is 5.91 Å². The van der Waals surface area contributed by atoms with Crippen LogP contribution in [-0.4, -0.2) is 32.8 Å². The van der Waals surface area contributed by atoms with E-state index in [1.165, 1.54) is 0 Å². The molecule has 0 fully saturated rings. The van der Waals surface area contributed by atoms with Gasteiger partial charge in [0.1, 0.15) is 23.4 Å². The molecule has 1 aromatic heterocycles. The van der Waals surface area contributed by atoms with E-state index in [4.69, 9.17) is 18.6 Å². The van der Waals surface area contributed by atoms with Crippen molar-refractivity contribution in [3.8, 4) is 11.5 Å². The molecule has 0 bridgehead atoms. The smallest absolute Gasteiger partial charge is 0.258 e. The highest BCUT2D eigenvalue weighted by Crippen LogP contribution is 2.18. The third-order valence-corrected chi connectivity index (χ3v) is 3.13. The number of ether oxygens (including phenoxy) is 3. The Hall–Kier alpha value is -2.47. The predicted octanol–water partition coefficient (Wildman–Crippen LogP) is 2.56. The summed E-state index contributed by atoms with van der Waals surface area (Å²) < 4.78 is 21.3. The number of rotatable bonds is 9. The first-order chi connectivity index (χ1) is 11.2. The van der Waals surface area contributed by atoms with Crippen LogP contribution in [0.4, 0.5) is 0 Å². The summed E-state index contributed by atoms with van der Waals surface area (Å²) in [6.45, 7) is 2.78. The van der Waals surface area contributed by atoms with Crippen molar-refractivity contribution in [3.63, 3.8) is 0 Å². The van der Waals surface area contributed by atoms with Gasteiger partial charge < -0.3 is 23.9 Å². The Labute approximate surface area is 135 Å². The zero-order chi connectivity index (χ0) is 16.5. The highest BCUT2D eigenvalue weighted by molar-refractivity contribution is 5.77. The second-order valence-electron chi connectivity index (χ2n) is 4.74. The van der Waals surface area contributed by atoms with Crippen LogP contribution >= 0.6 is 0 Å². The van der Waals surface area contributed by atoms with Crippen LogP contribution in [0.25, 0.3) is 0 Å². The monoisotopic (exact) mass is 319 g/mol. The van der Waals surface area contributed by atoms with Crippen LogP contribution in [0.3, 0.4) is 0 Å². The van der Waals surface area contributed by atoms with Crippen LogP contribution in [0, 0.1) is 0 Å². The van der Waals surface area contributed by atoms with Gasteiger partial charge in [0.25, 0.3) is 5.91 Å². The van der Waals surface area contributed by atoms with Crippen molar-refractivity contribution in [1.29, 1.82) is 0 Å². The van der Waals surface area contributed by atoms with Gasteiger partial charge in [-0.2, -0.15) is 0 Å². The quantitative estimate of drug-likeness (QED) is 0.769. The summed E-state index contributed by atoms with van der Waals surface area (Å²) >= 11 is 0. The topological polar surface area (TPSA) is 69.9 Å². The molecule has 0 radical (unpaired) electrons. The zero-order valence-electron chi connectivity index (χ0n) is 13.3. The van der Waals surface area contributed by atoms with Crippen LogP contribution in [0.15, 0.2) is 47.1 Å². The van der Waals surface area contributed by atoms with Crippen molar-refractivity contribution in [1.82, 2.24) is 5.32 Å². The second kappa shape index (κ2) is 8.85. The Morgan fingerprint density at radius 1 is 1.17 bits per heavy atom. The van der Waals surface area contributed by atoms with Crippen molar-refractivity contribution < 1.29 is 23.4 Å². The molecule has 6 heteroatoms. The molecule has 6 nitrogen and oxygen atoms in total. The molecular formula is C17H21NO5. The van der Waals surface area contributed by atoms with Crippen LogP contribution in [0.5, 0.6) is 11.5 Å². The zero-order valence-corrected chi connectivity index (χ0v) is 13.3. The van der Waals surface area contributed by atoms with E-state index in [0.717, 1.165) is 5.75 Å². The fraction of sp³-hybridized carbons (Fsp3) is 0.353. The predicted molar refractivity (Wildman–Crippen MR) is 84.6 cm³/mol. The lowest BCUT2D eigenvalue weighted by Gasteiger charge is -2.14. The van der Waals surface area contributed by atoms with E-state index in [0.29, 0.717) is 24.7 Å². The van der Waals surface area contributed by atoms with Gasteiger partial charge in [0.2, 0.25) is 0 Å². The van der Waals surface area contributed by atoms with Gasteiger partial charge in [0.15, 0.2) is 6.61 Å². The molecular weight excluding hydrogens is 298 g/mol. The lowest BCUT2D eigenvalue weighted by atomic mass is 10.2. The Morgan fingerprint density at radius 2 is 1.87 bits per heavy atom. The van der Waals surface area contributed by atoms with Gasteiger partial charge in [-0.1, -0.05) is 0 Å². The lowest BCUT2D eigenvalue weighted by Crippen LogP contribution is -2.32. The first-order valence-electron chi connectivity index (χ1n) is 7.41. The molecule has 2 aromatic rings. The molecule has 1 aromatic carbocycles. The molecule has 2 rings (SSSR count). The van der Waals surface area contributed by atoms with Gasteiger partial charge in [-0.05, 0) is 43.3 Å². The van der Waals surface area contributed by atoms with E-state index in [-0.39, 0.29) is 18.6 Å². The first kappa shape index (κ1) is 16.9. The normalized spacial score (nSPS) is 11.7. The van der Waals surface area contributed by atoms with Gasteiger partial charge in [-0.15, -0.1) is 0 Å². The Kier molecular flexibility index (Phi) is 6.50. The molecule has 0 saturated heterocycles. The SMILES string of the molecule is CCOc1ccc(OCC(=O)NCC(OC)c2ccco2)cc1. The van der Waals surface area contributed by atoms with E-state index >= 15 is 0 Å². The van der Waals surface area contributed by atoms with E-state index in [1.54, 1.807) is 49.8 Å². The largest absolute Gasteiger partial charge is 0.494 e. The molecule has 1 N–H and O–H groups in total. The van der Waals surface area contributed by atoms with E-state index in [1.807, 2.05) is 6.92 Å². The standard InChI is InChI=1S/C17H21NO5/c1-3-21-13-6-8-14(9-7-13)23-12-17(19)18-11-16(20-2)15-5-4-10-22-15/h4-10,16H,3,11-12H2,1-2H3,(H,18,19). The lowest BCUT2D eigenvalue weighted by molar-refractivity contribution is -0.123. The number of benzene rings is 1. The molecule has 23 heavy (non-hydrogen) atoms. The summed E-state index contributed by atoms with van der Waals surface area (Å²) in [6.07, 6.45) is 1.25. The number of hydrogen-bond donors (Lipinski definition) is 1. The second-order valence-corrected chi connectivity index (χ2v) is 4.74. The molecule has 0 spiro atoms. The Bertz CT molecular complexity index is 580. The summed E-state index contributed by atoms with van der Waals surface area (Å²) in [4.78, 5) is 11.8. The van der Waals surface area contributed by atoms with Gasteiger partial charge in [0, 0.05) is 7.11 Å². The molecule has 0 aliphatic heterocycles. The van der Waals surface area contributed by atoms with E-state index in [2.05, 4.69) is 5.32 Å². The van der Waals surface area contributed by atoms with Crippen molar-refractivity contribution in [2.75, 3.05) is 26.9 Å². The molecule has 124 valence electrons. The maximum Gasteiger partial charge on any atom is 0.258 e. The number of amides is 1. The number of furan rings is 1. The number of carbonyl (C=O) groups excluding carboxylic acids is 1. The number of nitrogens with one attached hydrogen (secondary N) is 1. The minimum Gasteiger partial charge on any atom is -0.494 e. The average Bonchev–Trinajstić information content (AvgIpc) is 3.09. The van der Waals surface area contributed by atoms with Crippen LogP contribution in [0.2, 0.25) is 0 Å². The highest BCUT2D eigenvalue weighted by atomic mass is 16.5. The van der Waals surface area contributed by atoms with E-state index in [9.17, 15) is 4.79 Å². The maximum atomic E-state index is 11.8. The minimum absolute atomic E-state index is 0.0669. The van der Waals surface area contributed by atoms with Gasteiger partial charge in [-0.3, -0.25) is 4.79 Å². The Balaban J connectivity index is 1.74. The highest BCUT2D eigenvalue weighted by Gasteiger charge is 2.14. The van der Waals surface area contributed by atoms with Crippen molar-refractivity contribution in [2.24, 2.45) is 0 Å². The molecule has 0 aliphatic carbocycles. The van der Waals surface area contributed by atoms with E-state index < -0.39 is 0 Å². The molecule has 1 amide bonds. The fourth-order valence-electron chi connectivity index (χ4n) is 1.98. The molecule has 1 heterocycles. The summed E-state index contributed by atoms with van der Waals surface area (Å²) in [5.74, 6) is 1.82. The summed E-state index contributed by atoms with van der Waals surface area (Å²) in [7, 11) is 1.57. The summed E-state index contributed by atoms with van der Waals surface area (Å²) in [6, 6.07) is 10.7. The summed E-state index contributed by atoms with van der Waals surface area (Å²) in [5, 5.41) is 2.75. The van der Waals surface area contributed by atoms with Gasteiger partial charge in [-0.25, -0.2) is 0 Å². The minimum atomic E-state index is -0.320. The number of methoxy groups -OCH3 is 1. The van der Waals surface area contributed by atoms with Crippen molar-refractivity contribution in [3.05, 3.63) is 48.4 Å². The van der Waals surface area contributed by atoms with Crippen LogP contribution in [-0.2, 0) is 9.53 Å². The van der Waals surface area contributed by atoms with Crippen molar-refractivity contribution in [2.45, 2.75) is 13.0 Å². The number of hydrogen-bond acceptors (Lipinski definition) is 5. The third-order valence-electron chi connectivity index (χ3n) is 3.13. The molecule has 1 unspecified atom stereocenters. The molecule has 1 atom stereocenters. The average molecular weight is 319 g/mol. The maximum absolute atomic E-state index is 11.8. The first-order valence-corrected chi connectivity index (χ1v) is 7.41. The number of carbonyl (C=O) groups is 1. The molecule has 0 saturated carbocycles. The fourth-order valence-corrected chi connectivity index (χ4v) is 1.98. The third kappa shape index (κ3) is 5.34. The Morgan fingerprint density at radius 3 is 2.43 bits per heavy atom.